The van der Waals surface area contributed by atoms with E-state index in [0.29, 0.717) is 5.11 Å². The standard InChI is InChI=1S/C15H17N3S2/c1-10-5-4-6-11(2)14(10)17-15(19)18-16-9-13-8-7-12(3)20-13/h4-9H,1-3H3,(H2,17,18,19)/b16-9-. The molecule has 0 aliphatic heterocycles. The van der Waals surface area contributed by atoms with E-state index in [0.717, 1.165) is 21.7 Å². The minimum atomic E-state index is 0.493. The van der Waals surface area contributed by atoms with Crippen molar-refractivity contribution in [1.82, 2.24) is 5.43 Å². The van der Waals surface area contributed by atoms with E-state index in [1.165, 1.54) is 4.88 Å². The van der Waals surface area contributed by atoms with Crippen molar-refractivity contribution in [3.63, 3.8) is 0 Å². The highest BCUT2D eigenvalue weighted by Gasteiger charge is 2.03. The zero-order chi connectivity index (χ0) is 14.5. The second-order valence-corrected chi connectivity index (χ2v) is 6.27. The van der Waals surface area contributed by atoms with Gasteiger partial charge in [0, 0.05) is 15.4 Å². The third-order valence-electron chi connectivity index (χ3n) is 2.84. The Kier molecular flexibility index (Phi) is 4.87. The highest BCUT2D eigenvalue weighted by atomic mass is 32.1. The Morgan fingerprint density at radius 2 is 1.85 bits per heavy atom. The Morgan fingerprint density at radius 3 is 2.45 bits per heavy atom. The quantitative estimate of drug-likeness (QED) is 0.511. The molecular formula is C15H17N3S2. The topological polar surface area (TPSA) is 36.4 Å². The van der Waals surface area contributed by atoms with Crippen LogP contribution < -0.4 is 10.7 Å². The lowest BCUT2D eigenvalue weighted by molar-refractivity contribution is 1.05. The van der Waals surface area contributed by atoms with Gasteiger partial charge >= 0.3 is 0 Å². The van der Waals surface area contributed by atoms with Crippen LogP contribution >= 0.6 is 23.6 Å². The number of hydrazone groups is 1. The summed E-state index contributed by atoms with van der Waals surface area (Å²) in [6.07, 6.45) is 1.77. The van der Waals surface area contributed by atoms with E-state index in [4.69, 9.17) is 12.2 Å². The van der Waals surface area contributed by atoms with Crippen LogP contribution in [0.2, 0.25) is 0 Å². The molecular weight excluding hydrogens is 286 g/mol. The van der Waals surface area contributed by atoms with Gasteiger partial charge in [-0.1, -0.05) is 18.2 Å². The van der Waals surface area contributed by atoms with Crippen molar-refractivity contribution in [2.45, 2.75) is 20.8 Å². The lowest BCUT2D eigenvalue weighted by atomic mass is 10.1. The Morgan fingerprint density at radius 1 is 1.15 bits per heavy atom. The Bertz CT molecular complexity index is 624. The van der Waals surface area contributed by atoms with Crippen LogP contribution in [-0.4, -0.2) is 11.3 Å². The summed E-state index contributed by atoms with van der Waals surface area (Å²) in [5.74, 6) is 0. The van der Waals surface area contributed by atoms with Crippen LogP contribution in [-0.2, 0) is 0 Å². The number of nitrogens with one attached hydrogen (secondary N) is 2. The second kappa shape index (κ2) is 6.63. The van der Waals surface area contributed by atoms with E-state index in [1.54, 1.807) is 17.6 Å². The van der Waals surface area contributed by atoms with Crippen molar-refractivity contribution in [2.75, 3.05) is 5.32 Å². The molecule has 1 aromatic heterocycles. The summed E-state index contributed by atoms with van der Waals surface area (Å²) in [5.41, 5.74) is 6.19. The number of thiocarbonyl (C=S) groups is 1. The smallest absolute Gasteiger partial charge is 0.191 e. The number of thiophene rings is 1. The van der Waals surface area contributed by atoms with E-state index in [1.807, 2.05) is 12.1 Å². The fourth-order valence-electron chi connectivity index (χ4n) is 1.83. The molecule has 3 nitrogen and oxygen atoms in total. The van der Waals surface area contributed by atoms with Gasteiger partial charge in [0.2, 0.25) is 0 Å². The molecule has 0 unspecified atom stereocenters. The molecule has 0 atom stereocenters. The fraction of sp³-hybridized carbons (Fsp3) is 0.200. The highest BCUT2D eigenvalue weighted by Crippen LogP contribution is 2.19. The van der Waals surface area contributed by atoms with Gasteiger partial charge in [0.25, 0.3) is 0 Å². The van der Waals surface area contributed by atoms with Crippen molar-refractivity contribution in [2.24, 2.45) is 5.10 Å². The van der Waals surface area contributed by atoms with Crippen molar-refractivity contribution in [3.8, 4) is 0 Å². The Hall–Kier alpha value is -1.72. The SMILES string of the molecule is Cc1ccc(/C=N\NC(=S)Nc2c(C)cccc2C)s1. The predicted molar refractivity (Wildman–Crippen MR) is 91.9 cm³/mol. The van der Waals surface area contributed by atoms with Crippen LogP contribution in [0, 0.1) is 20.8 Å². The van der Waals surface area contributed by atoms with Crippen LogP contribution in [0.5, 0.6) is 0 Å². The molecule has 0 amide bonds. The molecule has 2 rings (SSSR count). The average Bonchev–Trinajstić information content (AvgIpc) is 2.80. The van der Waals surface area contributed by atoms with E-state index in [2.05, 4.69) is 54.8 Å². The zero-order valence-corrected chi connectivity index (χ0v) is 13.4. The lowest BCUT2D eigenvalue weighted by Gasteiger charge is -2.12. The molecule has 0 saturated heterocycles. The summed E-state index contributed by atoms with van der Waals surface area (Å²) < 4.78 is 0. The van der Waals surface area contributed by atoms with Crippen LogP contribution in [0.15, 0.2) is 35.4 Å². The number of hydrogen-bond donors (Lipinski definition) is 2. The summed E-state index contributed by atoms with van der Waals surface area (Å²) in [6, 6.07) is 10.2. The normalized spacial score (nSPS) is 10.8. The van der Waals surface area contributed by atoms with Crippen LogP contribution in [0.3, 0.4) is 0 Å². The largest absolute Gasteiger partial charge is 0.331 e. The molecule has 2 aromatic rings. The van der Waals surface area contributed by atoms with Gasteiger partial charge in [0.05, 0.1) is 6.21 Å². The van der Waals surface area contributed by atoms with Crippen LogP contribution in [0.4, 0.5) is 5.69 Å². The first-order valence-electron chi connectivity index (χ1n) is 6.29. The Balaban J connectivity index is 1.94. The molecule has 0 saturated carbocycles. The summed E-state index contributed by atoms with van der Waals surface area (Å²) in [7, 11) is 0. The molecule has 0 spiro atoms. The monoisotopic (exact) mass is 303 g/mol. The van der Waals surface area contributed by atoms with Gasteiger partial charge in [0.1, 0.15) is 0 Å². The van der Waals surface area contributed by atoms with E-state index < -0.39 is 0 Å². The first-order chi connectivity index (χ1) is 9.56. The molecule has 5 heteroatoms. The molecule has 20 heavy (non-hydrogen) atoms. The third kappa shape index (κ3) is 3.88. The first-order valence-corrected chi connectivity index (χ1v) is 7.51. The minimum absolute atomic E-state index is 0.493. The second-order valence-electron chi connectivity index (χ2n) is 4.54. The molecule has 0 radical (unpaired) electrons. The van der Waals surface area contributed by atoms with Gasteiger partial charge in [-0.25, -0.2) is 0 Å². The summed E-state index contributed by atoms with van der Waals surface area (Å²) in [4.78, 5) is 2.37. The molecule has 0 fully saturated rings. The molecule has 0 aliphatic rings. The van der Waals surface area contributed by atoms with Gasteiger partial charge in [-0.2, -0.15) is 5.10 Å². The molecule has 1 aromatic carbocycles. The summed E-state index contributed by atoms with van der Waals surface area (Å²) in [6.45, 7) is 6.17. The third-order valence-corrected chi connectivity index (χ3v) is 3.97. The van der Waals surface area contributed by atoms with Gasteiger partial charge in [0.15, 0.2) is 5.11 Å². The number of aryl methyl sites for hydroxylation is 3. The highest BCUT2D eigenvalue weighted by molar-refractivity contribution is 7.80. The summed E-state index contributed by atoms with van der Waals surface area (Å²) in [5, 5.41) is 7.81. The molecule has 0 bridgehead atoms. The van der Waals surface area contributed by atoms with E-state index in [9.17, 15) is 0 Å². The zero-order valence-electron chi connectivity index (χ0n) is 11.7. The maximum atomic E-state index is 5.24. The number of para-hydroxylation sites is 1. The van der Waals surface area contributed by atoms with Gasteiger partial charge in [-0.3, -0.25) is 5.43 Å². The lowest BCUT2D eigenvalue weighted by Crippen LogP contribution is -2.24. The molecule has 0 aliphatic carbocycles. The molecule has 2 N–H and O–H groups in total. The first kappa shape index (κ1) is 14.7. The van der Waals surface area contributed by atoms with Gasteiger partial charge in [-0.15, -0.1) is 11.3 Å². The van der Waals surface area contributed by atoms with Crippen molar-refractivity contribution >= 4 is 40.6 Å². The number of rotatable bonds is 3. The summed E-state index contributed by atoms with van der Waals surface area (Å²) >= 11 is 6.94. The maximum Gasteiger partial charge on any atom is 0.191 e. The van der Waals surface area contributed by atoms with Gasteiger partial charge in [-0.05, 0) is 56.2 Å². The predicted octanol–water partition coefficient (Wildman–Crippen LogP) is 3.99. The van der Waals surface area contributed by atoms with Crippen molar-refractivity contribution in [3.05, 3.63) is 51.2 Å². The number of hydrogen-bond acceptors (Lipinski definition) is 3. The minimum Gasteiger partial charge on any atom is -0.331 e. The van der Waals surface area contributed by atoms with Crippen molar-refractivity contribution < 1.29 is 0 Å². The van der Waals surface area contributed by atoms with E-state index >= 15 is 0 Å². The Labute approximate surface area is 128 Å². The fourth-order valence-corrected chi connectivity index (χ4v) is 2.73. The van der Waals surface area contributed by atoms with Crippen molar-refractivity contribution in [1.29, 1.82) is 0 Å². The van der Waals surface area contributed by atoms with Gasteiger partial charge < -0.3 is 5.32 Å². The molecule has 104 valence electrons. The number of anilines is 1. The van der Waals surface area contributed by atoms with Crippen LogP contribution in [0.1, 0.15) is 20.9 Å². The maximum absolute atomic E-state index is 5.24. The number of benzene rings is 1. The van der Waals surface area contributed by atoms with Crippen LogP contribution in [0.25, 0.3) is 0 Å². The van der Waals surface area contributed by atoms with E-state index in [-0.39, 0.29) is 0 Å². The molecule has 1 heterocycles. The number of nitrogens with zero attached hydrogens (tertiary/aromatic N) is 1. The average molecular weight is 303 g/mol.